The van der Waals surface area contributed by atoms with Gasteiger partial charge in [0.05, 0.1) is 6.04 Å². The second-order valence-electron chi connectivity index (χ2n) is 5.93. The van der Waals surface area contributed by atoms with Crippen molar-refractivity contribution in [2.75, 3.05) is 6.54 Å². The van der Waals surface area contributed by atoms with Crippen molar-refractivity contribution >= 4 is 23.6 Å². The third-order valence-corrected chi connectivity index (χ3v) is 3.98. The van der Waals surface area contributed by atoms with E-state index in [9.17, 15) is 24.3 Å². The van der Waals surface area contributed by atoms with E-state index < -0.39 is 42.3 Å². The van der Waals surface area contributed by atoms with Gasteiger partial charge in [-0.05, 0) is 30.5 Å². The molecule has 4 amide bonds. The minimum Gasteiger partial charge on any atom is -0.508 e. The Labute approximate surface area is 148 Å². The van der Waals surface area contributed by atoms with E-state index in [4.69, 9.17) is 10.9 Å². The van der Waals surface area contributed by atoms with Gasteiger partial charge >= 0.3 is 0 Å². The second kappa shape index (κ2) is 8.41. The molecule has 1 saturated heterocycles. The number of likely N-dealkylation sites (tertiary alicyclic amines) is 1. The Morgan fingerprint density at radius 1 is 1.27 bits per heavy atom. The molecular formula is C16H20N4O6. The molecule has 0 radical (unpaired) electrons. The normalized spacial score (nSPS) is 18.4. The average molecular weight is 364 g/mol. The maximum Gasteiger partial charge on any atom is 0.263 e. The summed E-state index contributed by atoms with van der Waals surface area (Å²) >= 11 is 0. The quantitative estimate of drug-likeness (QED) is 0.231. The fourth-order valence-electron chi connectivity index (χ4n) is 2.57. The fourth-order valence-corrected chi connectivity index (χ4v) is 2.57. The number of rotatable bonds is 6. The van der Waals surface area contributed by atoms with Crippen molar-refractivity contribution in [3.63, 3.8) is 0 Å². The number of piperidine rings is 1. The van der Waals surface area contributed by atoms with Gasteiger partial charge in [-0.25, -0.2) is 5.48 Å². The van der Waals surface area contributed by atoms with Gasteiger partial charge in [0.2, 0.25) is 11.8 Å². The highest BCUT2D eigenvalue weighted by Gasteiger charge is 2.36. The van der Waals surface area contributed by atoms with Crippen LogP contribution in [0.5, 0.6) is 5.75 Å². The number of nitrogens with two attached hydrogens (primary N) is 1. The molecule has 0 saturated carbocycles. The van der Waals surface area contributed by atoms with Crippen LogP contribution in [0.15, 0.2) is 24.3 Å². The van der Waals surface area contributed by atoms with E-state index in [2.05, 4.69) is 5.32 Å². The highest BCUT2D eigenvalue weighted by molar-refractivity contribution is 6.04. The first-order valence-corrected chi connectivity index (χ1v) is 7.93. The van der Waals surface area contributed by atoms with Crippen molar-refractivity contribution in [2.45, 2.75) is 31.3 Å². The van der Waals surface area contributed by atoms with Gasteiger partial charge in [-0.1, -0.05) is 12.1 Å². The summed E-state index contributed by atoms with van der Waals surface area (Å²) in [5, 5.41) is 20.3. The largest absolute Gasteiger partial charge is 0.508 e. The van der Waals surface area contributed by atoms with E-state index in [0.29, 0.717) is 4.90 Å². The monoisotopic (exact) mass is 364 g/mol. The lowest BCUT2D eigenvalue weighted by Gasteiger charge is -2.30. The number of hydroxylamine groups is 1. The zero-order valence-electron chi connectivity index (χ0n) is 13.8. The van der Waals surface area contributed by atoms with Gasteiger partial charge in [-0.3, -0.25) is 29.3 Å². The van der Waals surface area contributed by atoms with Crippen LogP contribution in [0.1, 0.15) is 18.4 Å². The van der Waals surface area contributed by atoms with Crippen LogP contribution < -0.4 is 16.5 Å². The van der Waals surface area contributed by atoms with Crippen LogP contribution in [0.25, 0.3) is 0 Å². The molecule has 0 bridgehead atoms. The molecule has 0 aromatic heterocycles. The topological polar surface area (TPSA) is 162 Å². The van der Waals surface area contributed by atoms with E-state index in [1.165, 1.54) is 17.6 Å². The van der Waals surface area contributed by atoms with E-state index in [-0.39, 0.29) is 25.0 Å². The minimum atomic E-state index is -0.974. The SMILES string of the molecule is N[C@@H](Cc1ccc(O)cc1)C(=O)N[C@H]1CCC(=O)N(CC(=O)NO)C1=O. The van der Waals surface area contributed by atoms with Gasteiger partial charge in [0.15, 0.2) is 0 Å². The van der Waals surface area contributed by atoms with Gasteiger partial charge in [-0.15, -0.1) is 0 Å². The molecule has 1 fully saturated rings. The van der Waals surface area contributed by atoms with Crippen LogP contribution in [0.4, 0.5) is 0 Å². The summed E-state index contributed by atoms with van der Waals surface area (Å²) in [5.74, 6) is -2.68. The van der Waals surface area contributed by atoms with Crippen molar-refractivity contribution in [1.29, 1.82) is 0 Å². The number of benzene rings is 1. The van der Waals surface area contributed by atoms with Crippen molar-refractivity contribution in [1.82, 2.24) is 15.7 Å². The summed E-state index contributed by atoms with van der Waals surface area (Å²) in [6.45, 7) is -0.625. The first-order valence-electron chi connectivity index (χ1n) is 7.93. The van der Waals surface area contributed by atoms with Gasteiger partial charge in [0, 0.05) is 6.42 Å². The van der Waals surface area contributed by atoms with E-state index in [1.807, 2.05) is 0 Å². The second-order valence-corrected chi connectivity index (χ2v) is 5.93. The van der Waals surface area contributed by atoms with Crippen LogP contribution in [0, 0.1) is 0 Å². The molecule has 2 atom stereocenters. The van der Waals surface area contributed by atoms with Crippen LogP contribution in [0.3, 0.4) is 0 Å². The Balaban J connectivity index is 1.96. The number of nitrogens with zero attached hydrogens (tertiary/aromatic N) is 1. The number of hydrogen-bond acceptors (Lipinski definition) is 7. The number of carbonyl (C=O) groups excluding carboxylic acids is 4. The summed E-state index contributed by atoms with van der Waals surface area (Å²) in [7, 11) is 0. The molecule has 1 aliphatic heterocycles. The van der Waals surface area contributed by atoms with Gasteiger partial charge < -0.3 is 16.2 Å². The lowest BCUT2D eigenvalue weighted by molar-refractivity contribution is -0.154. The Kier molecular flexibility index (Phi) is 6.26. The Morgan fingerprint density at radius 2 is 1.92 bits per heavy atom. The summed E-state index contributed by atoms with van der Waals surface area (Å²) in [5.41, 5.74) is 7.93. The number of nitrogens with one attached hydrogen (secondary N) is 2. The number of phenols is 1. The Morgan fingerprint density at radius 3 is 2.54 bits per heavy atom. The van der Waals surface area contributed by atoms with E-state index >= 15 is 0 Å². The molecule has 0 aliphatic carbocycles. The zero-order chi connectivity index (χ0) is 19.3. The molecule has 2 rings (SSSR count). The van der Waals surface area contributed by atoms with Crippen LogP contribution in [-0.4, -0.2) is 57.5 Å². The number of hydrogen-bond donors (Lipinski definition) is 5. The maximum absolute atomic E-state index is 12.3. The molecule has 1 heterocycles. The molecule has 1 aliphatic rings. The van der Waals surface area contributed by atoms with Crippen molar-refractivity contribution < 1.29 is 29.5 Å². The van der Waals surface area contributed by atoms with Crippen molar-refractivity contribution in [3.8, 4) is 5.75 Å². The molecule has 140 valence electrons. The zero-order valence-corrected chi connectivity index (χ0v) is 13.8. The lowest BCUT2D eigenvalue weighted by atomic mass is 10.0. The summed E-state index contributed by atoms with van der Waals surface area (Å²) < 4.78 is 0. The Bertz CT molecular complexity index is 705. The molecule has 0 unspecified atom stereocenters. The molecule has 10 heteroatoms. The molecule has 6 N–H and O–H groups in total. The third kappa shape index (κ3) is 4.77. The number of amides is 4. The molecule has 0 spiro atoms. The molecule has 10 nitrogen and oxygen atoms in total. The average Bonchev–Trinajstić information content (AvgIpc) is 2.62. The first kappa shape index (κ1) is 19.3. The van der Waals surface area contributed by atoms with Crippen molar-refractivity contribution in [3.05, 3.63) is 29.8 Å². The van der Waals surface area contributed by atoms with Gasteiger partial charge in [0.25, 0.3) is 11.8 Å². The highest BCUT2D eigenvalue weighted by atomic mass is 16.5. The number of carbonyl (C=O) groups is 4. The minimum absolute atomic E-state index is 0.0252. The van der Waals surface area contributed by atoms with Gasteiger partial charge in [0.1, 0.15) is 18.3 Å². The van der Waals surface area contributed by atoms with Gasteiger partial charge in [-0.2, -0.15) is 0 Å². The molecule has 26 heavy (non-hydrogen) atoms. The van der Waals surface area contributed by atoms with E-state index in [1.54, 1.807) is 12.1 Å². The molecule has 1 aromatic rings. The molecular weight excluding hydrogens is 344 g/mol. The maximum atomic E-state index is 12.3. The standard InChI is InChI=1S/C16H20N4O6/c17-11(7-9-1-3-10(21)4-2-9)15(24)18-12-5-6-14(23)20(16(12)25)8-13(22)19-26/h1-4,11-12,21,26H,5-8,17H2,(H,18,24)(H,19,22)/t11-,12-/m0/s1. The number of phenolic OH excluding ortho intramolecular Hbond substituents is 1. The van der Waals surface area contributed by atoms with E-state index in [0.717, 1.165) is 5.56 Å². The van der Waals surface area contributed by atoms with Crippen LogP contribution in [-0.2, 0) is 25.6 Å². The fraction of sp³-hybridized carbons (Fsp3) is 0.375. The Hall–Kier alpha value is -2.98. The summed E-state index contributed by atoms with van der Waals surface area (Å²) in [6.07, 6.45) is 0.276. The number of imide groups is 1. The number of aromatic hydroxyl groups is 1. The summed E-state index contributed by atoms with van der Waals surface area (Å²) in [4.78, 5) is 48.2. The summed E-state index contributed by atoms with van der Waals surface area (Å²) in [6, 6.07) is 4.29. The van der Waals surface area contributed by atoms with Crippen LogP contribution >= 0.6 is 0 Å². The first-order chi connectivity index (χ1) is 12.3. The van der Waals surface area contributed by atoms with Crippen LogP contribution in [0.2, 0.25) is 0 Å². The predicted molar refractivity (Wildman–Crippen MR) is 87.6 cm³/mol. The molecule has 1 aromatic carbocycles. The third-order valence-electron chi connectivity index (χ3n) is 3.98. The van der Waals surface area contributed by atoms with Crippen molar-refractivity contribution in [2.24, 2.45) is 5.73 Å². The highest BCUT2D eigenvalue weighted by Crippen LogP contribution is 2.14. The lowest BCUT2D eigenvalue weighted by Crippen LogP contribution is -2.58. The predicted octanol–water partition coefficient (Wildman–Crippen LogP) is -1.60. The smallest absolute Gasteiger partial charge is 0.263 e.